The maximum absolute atomic E-state index is 13.7. The third kappa shape index (κ3) is 5.19. The molecule has 0 saturated heterocycles. The van der Waals surface area contributed by atoms with Crippen molar-refractivity contribution < 1.29 is 22.7 Å². The van der Waals surface area contributed by atoms with Gasteiger partial charge in [0.15, 0.2) is 0 Å². The van der Waals surface area contributed by atoms with Crippen molar-refractivity contribution in [3.8, 4) is 0 Å². The Hall–Kier alpha value is -3.72. The number of carboxylic acid groups (broad SMARTS) is 1. The van der Waals surface area contributed by atoms with Crippen molar-refractivity contribution in [1.82, 2.24) is 9.55 Å². The summed E-state index contributed by atoms with van der Waals surface area (Å²) in [5.41, 5.74) is 3.34. The highest BCUT2D eigenvalue weighted by atomic mass is 32.2. The molecule has 1 N–H and O–H groups in total. The van der Waals surface area contributed by atoms with E-state index in [-0.39, 0.29) is 18.0 Å². The standard InChI is InChI=1S/C26H26FN3O4S/c1-3-4-25-28-23-15-21(11-14-24(23)29(25)17-26(31)32)30(16-19-7-5-18(2)6-8-19)35(33,34)22-12-9-20(27)10-13-22/h5-15H,3-4,16-17H2,1-2H3,(H,31,32). The number of benzene rings is 3. The van der Waals surface area contributed by atoms with Gasteiger partial charge < -0.3 is 9.67 Å². The quantitative estimate of drug-likeness (QED) is 0.356. The van der Waals surface area contributed by atoms with E-state index in [0.29, 0.717) is 29.0 Å². The fraction of sp³-hybridized carbons (Fsp3) is 0.231. The van der Waals surface area contributed by atoms with Gasteiger partial charge >= 0.3 is 5.97 Å². The second-order valence-corrected chi connectivity index (χ2v) is 10.2. The van der Waals surface area contributed by atoms with Crippen molar-refractivity contribution in [1.29, 1.82) is 0 Å². The lowest BCUT2D eigenvalue weighted by Crippen LogP contribution is -2.30. The van der Waals surface area contributed by atoms with Crippen LogP contribution in [0.1, 0.15) is 30.3 Å². The van der Waals surface area contributed by atoms with Crippen molar-refractivity contribution in [3.63, 3.8) is 0 Å². The Morgan fingerprint density at radius 3 is 2.37 bits per heavy atom. The van der Waals surface area contributed by atoms with E-state index in [1.807, 2.05) is 38.1 Å². The number of aromatic nitrogens is 2. The van der Waals surface area contributed by atoms with E-state index >= 15 is 0 Å². The molecule has 0 atom stereocenters. The number of nitrogens with zero attached hydrogens (tertiary/aromatic N) is 3. The fourth-order valence-electron chi connectivity index (χ4n) is 3.96. The fourth-order valence-corrected chi connectivity index (χ4v) is 5.40. The molecule has 7 nitrogen and oxygen atoms in total. The predicted octanol–water partition coefficient (Wildman–Crippen LogP) is 4.92. The van der Waals surface area contributed by atoms with Crippen LogP contribution in [0.5, 0.6) is 0 Å². The molecule has 0 aliphatic heterocycles. The largest absolute Gasteiger partial charge is 0.480 e. The Bertz CT molecular complexity index is 1460. The summed E-state index contributed by atoms with van der Waals surface area (Å²) in [6.07, 6.45) is 1.38. The summed E-state index contributed by atoms with van der Waals surface area (Å²) in [5, 5.41) is 9.35. The van der Waals surface area contributed by atoms with Gasteiger partial charge in [0.2, 0.25) is 0 Å². The second kappa shape index (κ2) is 9.87. The zero-order chi connectivity index (χ0) is 25.2. The van der Waals surface area contributed by atoms with Gasteiger partial charge in [-0.25, -0.2) is 17.8 Å². The van der Waals surface area contributed by atoms with Crippen LogP contribution in [0, 0.1) is 12.7 Å². The SMILES string of the molecule is CCCc1nc2cc(N(Cc3ccc(C)cc3)S(=O)(=O)c3ccc(F)cc3)ccc2n1CC(=O)O. The molecule has 9 heteroatoms. The van der Waals surface area contributed by atoms with Gasteiger partial charge in [-0.05, 0) is 61.4 Å². The molecular weight excluding hydrogens is 469 g/mol. The van der Waals surface area contributed by atoms with Crippen molar-refractivity contribution in [2.45, 2.75) is 44.7 Å². The third-order valence-corrected chi connectivity index (χ3v) is 7.50. The topological polar surface area (TPSA) is 92.5 Å². The van der Waals surface area contributed by atoms with Crippen molar-refractivity contribution in [2.75, 3.05) is 4.31 Å². The van der Waals surface area contributed by atoms with E-state index in [9.17, 15) is 22.7 Å². The van der Waals surface area contributed by atoms with Crippen LogP contribution < -0.4 is 4.31 Å². The number of anilines is 1. The number of halogens is 1. The predicted molar refractivity (Wildman–Crippen MR) is 132 cm³/mol. The molecule has 4 aromatic rings. The minimum atomic E-state index is -4.04. The minimum absolute atomic E-state index is 0.0332. The first kappa shape index (κ1) is 24.4. The number of imidazole rings is 1. The zero-order valence-corrected chi connectivity index (χ0v) is 20.3. The average molecular weight is 496 g/mol. The van der Waals surface area contributed by atoms with Crippen molar-refractivity contribution in [2.24, 2.45) is 0 Å². The summed E-state index contributed by atoms with van der Waals surface area (Å²) in [5.74, 6) is -0.873. The molecule has 1 aromatic heterocycles. The summed E-state index contributed by atoms with van der Waals surface area (Å²) in [4.78, 5) is 16.0. The number of aliphatic carboxylic acids is 1. The molecule has 0 unspecified atom stereocenters. The van der Waals surface area contributed by atoms with E-state index in [2.05, 4.69) is 4.98 Å². The first-order valence-electron chi connectivity index (χ1n) is 11.2. The van der Waals surface area contributed by atoms with Crippen molar-refractivity contribution in [3.05, 3.63) is 89.5 Å². The highest BCUT2D eigenvalue weighted by Crippen LogP contribution is 2.30. The van der Waals surface area contributed by atoms with Crippen LogP contribution in [0.4, 0.5) is 10.1 Å². The molecule has 4 rings (SSSR count). The Morgan fingerprint density at radius 1 is 1.06 bits per heavy atom. The van der Waals surface area contributed by atoms with Gasteiger partial charge in [-0.1, -0.05) is 36.8 Å². The molecule has 0 saturated carbocycles. The average Bonchev–Trinajstić information content (AvgIpc) is 3.14. The van der Waals surface area contributed by atoms with Crippen LogP contribution in [0.3, 0.4) is 0 Å². The Kier molecular flexibility index (Phi) is 6.88. The molecule has 1 heterocycles. The molecule has 0 aliphatic rings. The number of rotatable bonds is 9. The monoisotopic (exact) mass is 495 g/mol. The number of hydrogen-bond acceptors (Lipinski definition) is 4. The number of fused-ring (bicyclic) bond motifs is 1. The van der Waals surface area contributed by atoms with E-state index in [1.165, 1.54) is 16.4 Å². The lowest BCUT2D eigenvalue weighted by molar-refractivity contribution is -0.137. The number of sulfonamides is 1. The molecular formula is C26H26FN3O4S. The summed E-state index contributed by atoms with van der Waals surface area (Å²) < 4.78 is 43.7. The highest BCUT2D eigenvalue weighted by molar-refractivity contribution is 7.92. The number of carboxylic acids is 1. The van der Waals surface area contributed by atoms with Crippen LogP contribution in [0.2, 0.25) is 0 Å². The van der Waals surface area contributed by atoms with Gasteiger partial charge in [-0.2, -0.15) is 0 Å². The summed E-state index contributed by atoms with van der Waals surface area (Å²) in [7, 11) is -4.04. The molecule has 0 spiro atoms. The molecule has 0 fully saturated rings. The zero-order valence-electron chi connectivity index (χ0n) is 19.5. The molecule has 0 bridgehead atoms. The lowest BCUT2D eigenvalue weighted by atomic mass is 10.1. The summed E-state index contributed by atoms with van der Waals surface area (Å²) in [6, 6.07) is 17.3. The molecule has 35 heavy (non-hydrogen) atoms. The third-order valence-electron chi connectivity index (χ3n) is 5.71. The van der Waals surface area contributed by atoms with Gasteiger partial charge in [-0.15, -0.1) is 0 Å². The Morgan fingerprint density at radius 2 is 1.74 bits per heavy atom. The minimum Gasteiger partial charge on any atom is -0.480 e. The first-order chi connectivity index (χ1) is 16.7. The normalized spacial score (nSPS) is 11.6. The number of carbonyl (C=O) groups is 1. The van der Waals surface area contributed by atoms with Crippen LogP contribution in [-0.2, 0) is 34.3 Å². The van der Waals surface area contributed by atoms with E-state index < -0.39 is 21.8 Å². The molecule has 3 aromatic carbocycles. The summed E-state index contributed by atoms with van der Waals surface area (Å²) in [6.45, 7) is 3.76. The van der Waals surface area contributed by atoms with Gasteiger partial charge in [0.1, 0.15) is 18.2 Å². The van der Waals surface area contributed by atoms with Crippen LogP contribution in [0.15, 0.2) is 71.6 Å². The van der Waals surface area contributed by atoms with E-state index in [4.69, 9.17) is 0 Å². The lowest BCUT2D eigenvalue weighted by Gasteiger charge is -2.25. The van der Waals surface area contributed by atoms with Crippen LogP contribution >= 0.6 is 0 Å². The van der Waals surface area contributed by atoms with Crippen LogP contribution in [-0.4, -0.2) is 29.0 Å². The van der Waals surface area contributed by atoms with E-state index in [1.54, 1.807) is 22.8 Å². The maximum atomic E-state index is 13.7. The second-order valence-electron chi connectivity index (χ2n) is 8.38. The van der Waals surface area contributed by atoms with Gasteiger partial charge in [0.25, 0.3) is 10.0 Å². The van der Waals surface area contributed by atoms with Crippen molar-refractivity contribution >= 4 is 32.7 Å². The van der Waals surface area contributed by atoms with Gasteiger partial charge in [0.05, 0.1) is 28.2 Å². The molecule has 0 aliphatic carbocycles. The summed E-state index contributed by atoms with van der Waals surface area (Å²) >= 11 is 0. The molecule has 0 amide bonds. The number of aryl methyl sites for hydroxylation is 2. The smallest absolute Gasteiger partial charge is 0.323 e. The maximum Gasteiger partial charge on any atom is 0.323 e. The molecule has 0 radical (unpaired) electrons. The Balaban J connectivity index is 1.84. The first-order valence-corrected chi connectivity index (χ1v) is 12.7. The number of hydrogen-bond donors (Lipinski definition) is 1. The molecule has 182 valence electrons. The van der Waals surface area contributed by atoms with Crippen LogP contribution in [0.25, 0.3) is 11.0 Å². The van der Waals surface area contributed by atoms with Gasteiger partial charge in [0, 0.05) is 6.42 Å². The van der Waals surface area contributed by atoms with Gasteiger partial charge in [-0.3, -0.25) is 9.10 Å². The Labute approximate surface area is 203 Å². The highest BCUT2D eigenvalue weighted by Gasteiger charge is 2.26. The van der Waals surface area contributed by atoms with E-state index in [0.717, 1.165) is 29.7 Å².